The SMILES string of the molecule is Cn1nc(C(=O)NC(C)(C)C)[nH]c1=O. The maximum atomic E-state index is 11.5. The predicted molar refractivity (Wildman–Crippen MR) is 51.0 cm³/mol. The number of aromatic amines is 1. The zero-order valence-corrected chi connectivity index (χ0v) is 8.71. The van der Waals surface area contributed by atoms with Gasteiger partial charge in [-0.25, -0.2) is 9.48 Å². The molecule has 6 nitrogen and oxygen atoms in total. The molecule has 1 amide bonds. The van der Waals surface area contributed by atoms with Gasteiger partial charge in [-0.05, 0) is 20.8 Å². The fourth-order valence-electron chi connectivity index (χ4n) is 0.905. The van der Waals surface area contributed by atoms with Gasteiger partial charge in [0.15, 0.2) is 0 Å². The van der Waals surface area contributed by atoms with Crippen LogP contribution in [0.25, 0.3) is 0 Å². The van der Waals surface area contributed by atoms with E-state index in [1.54, 1.807) is 0 Å². The largest absolute Gasteiger partial charge is 0.345 e. The second-order valence-corrected chi connectivity index (χ2v) is 4.11. The van der Waals surface area contributed by atoms with Gasteiger partial charge < -0.3 is 5.32 Å². The number of amides is 1. The van der Waals surface area contributed by atoms with Gasteiger partial charge >= 0.3 is 5.69 Å². The van der Waals surface area contributed by atoms with Gasteiger partial charge in [-0.2, -0.15) is 0 Å². The summed E-state index contributed by atoms with van der Waals surface area (Å²) in [6.07, 6.45) is 0. The summed E-state index contributed by atoms with van der Waals surface area (Å²) in [5, 5.41) is 6.42. The van der Waals surface area contributed by atoms with Crippen molar-refractivity contribution in [3.8, 4) is 0 Å². The molecule has 0 saturated heterocycles. The Morgan fingerprint density at radius 3 is 2.43 bits per heavy atom. The van der Waals surface area contributed by atoms with Gasteiger partial charge in [0.2, 0.25) is 5.82 Å². The fourth-order valence-corrected chi connectivity index (χ4v) is 0.905. The zero-order valence-electron chi connectivity index (χ0n) is 8.71. The molecule has 0 saturated carbocycles. The van der Waals surface area contributed by atoms with E-state index in [0.717, 1.165) is 4.68 Å². The Hall–Kier alpha value is -1.59. The molecule has 0 radical (unpaired) electrons. The Kier molecular flexibility index (Phi) is 2.46. The lowest BCUT2D eigenvalue weighted by molar-refractivity contribution is 0.0908. The van der Waals surface area contributed by atoms with Crippen LogP contribution in [0, 0.1) is 0 Å². The third-order valence-electron chi connectivity index (χ3n) is 1.47. The van der Waals surface area contributed by atoms with Crippen LogP contribution in [0.1, 0.15) is 31.4 Å². The van der Waals surface area contributed by atoms with Gasteiger partial charge in [0, 0.05) is 12.6 Å². The van der Waals surface area contributed by atoms with Crippen molar-refractivity contribution in [3.05, 3.63) is 16.3 Å². The van der Waals surface area contributed by atoms with E-state index in [0.29, 0.717) is 0 Å². The van der Waals surface area contributed by atoms with E-state index in [2.05, 4.69) is 15.4 Å². The summed E-state index contributed by atoms with van der Waals surface area (Å²) in [7, 11) is 1.48. The summed E-state index contributed by atoms with van der Waals surface area (Å²) in [4.78, 5) is 24.8. The highest BCUT2D eigenvalue weighted by Crippen LogP contribution is 1.99. The third-order valence-corrected chi connectivity index (χ3v) is 1.47. The van der Waals surface area contributed by atoms with Crippen LogP contribution in [0.5, 0.6) is 0 Å². The first-order chi connectivity index (χ1) is 6.29. The first-order valence-electron chi connectivity index (χ1n) is 4.25. The zero-order chi connectivity index (χ0) is 10.9. The van der Waals surface area contributed by atoms with Crippen molar-refractivity contribution in [1.82, 2.24) is 20.1 Å². The number of hydrogen-bond donors (Lipinski definition) is 2. The highest BCUT2D eigenvalue weighted by molar-refractivity contribution is 5.90. The maximum Gasteiger partial charge on any atom is 0.343 e. The molecular formula is C8H14N4O2. The number of carbonyl (C=O) groups is 1. The Balaban J connectivity index is 2.86. The van der Waals surface area contributed by atoms with Gasteiger partial charge in [-0.1, -0.05) is 0 Å². The van der Waals surface area contributed by atoms with E-state index >= 15 is 0 Å². The van der Waals surface area contributed by atoms with E-state index in [4.69, 9.17) is 0 Å². The van der Waals surface area contributed by atoms with Gasteiger partial charge in [0.25, 0.3) is 5.91 Å². The molecule has 0 aliphatic heterocycles. The third kappa shape index (κ3) is 2.45. The van der Waals surface area contributed by atoms with Crippen molar-refractivity contribution in [2.45, 2.75) is 26.3 Å². The van der Waals surface area contributed by atoms with E-state index in [1.165, 1.54) is 7.05 Å². The van der Waals surface area contributed by atoms with E-state index in [1.807, 2.05) is 20.8 Å². The monoisotopic (exact) mass is 198 g/mol. The number of nitrogens with one attached hydrogen (secondary N) is 2. The average Bonchev–Trinajstić information content (AvgIpc) is 2.28. The quantitative estimate of drug-likeness (QED) is 0.646. The smallest absolute Gasteiger partial charge is 0.343 e. The summed E-state index contributed by atoms with van der Waals surface area (Å²) >= 11 is 0. The molecule has 0 aliphatic rings. The molecule has 2 N–H and O–H groups in total. The van der Waals surface area contributed by atoms with Crippen molar-refractivity contribution in [2.75, 3.05) is 0 Å². The number of hydrogen-bond acceptors (Lipinski definition) is 3. The van der Waals surface area contributed by atoms with Crippen LogP contribution in [0.15, 0.2) is 4.79 Å². The summed E-state index contributed by atoms with van der Waals surface area (Å²) in [5.41, 5.74) is -0.741. The van der Waals surface area contributed by atoms with Gasteiger partial charge in [0.1, 0.15) is 0 Å². The number of rotatable bonds is 1. The second kappa shape index (κ2) is 3.28. The predicted octanol–water partition coefficient (Wildman–Crippen LogP) is -0.363. The van der Waals surface area contributed by atoms with Crippen LogP contribution < -0.4 is 11.0 Å². The molecule has 0 atom stereocenters. The highest BCUT2D eigenvalue weighted by Gasteiger charge is 2.18. The minimum absolute atomic E-state index is 0.0347. The fraction of sp³-hybridized carbons (Fsp3) is 0.625. The number of aryl methyl sites for hydroxylation is 1. The molecule has 1 heterocycles. The van der Waals surface area contributed by atoms with Crippen molar-refractivity contribution in [1.29, 1.82) is 0 Å². The lowest BCUT2D eigenvalue weighted by atomic mass is 10.1. The molecule has 1 aromatic rings. The Labute approximate surface area is 81.3 Å². The molecule has 0 fully saturated rings. The average molecular weight is 198 g/mol. The van der Waals surface area contributed by atoms with E-state index in [9.17, 15) is 9.59 Å². The van der Waals surface area contributed by atoms with Crippen molar-refractivity contribution in [3.63, 3.8) is 0 Å². The van der Waals surface area contributed by atoms with Crippen molar-refractivity contribution < 1.29 is 4.79 Å². The summed E-state index contributed by atoms with van der Waals surface area (Å²) in [6.45, 7) is 5.56. The van der Waals surface area contributed by atoms with E-state index in [-0.39, 0.29) is 17.3 Å². The topological polar surface area (TPSA) is 79.8 Å². The van der Waals surface area contributed by atoms with Crippen LogP contribution in [0.2, 0.25) is 0 Å². The number of aromatic nitrogens is 3. The molecule has 0 spiro atoms. The van der Waals surface area contributed by atoms with Gasteiger partial charge in [0.05, 0.1) is 0 Å². The van der Waals surface area contributed by atoms with Crippen LogP contribution >= 0.6 is 0 Å². The lowest BCUT2D eigenvalue weighted by Crippen LogP contribution is -2.41. The molecule has 0 unspecified atom stereocenters. The minimum atomic E-state index is -0.399. The molecular weight excluding hydrogens is 184 g/mol. The molecule has 0 bridgehead atoms. The summed E-state index contributed by atoms with van der Waals surface area (Å²) in [6, 6.07) is 0. The number of H-pyrrole nitrogens is 1. The first-order valence-corrected chi connectivity index (χ1v) is 4.25. The molecule has 1 aromatic heterocycles. The lowest BCUT2D eigenvalue weighted by Gasteiger charge is -2.19. The van der Waals surface area contributed by atoms with Crippen LogP contribution in [-0.4, -0.2) is 26.2 Å². The summed E-state index contributed by atoms with van der Waals surface area (Å²) in [5.74, 6) is -0.345. The Bertz CT molecular complexity index is 396. The molecule has 78 valence electrons. The minimum Gasteiger partial charge on any atom is -0.345 e. The van der Waals surface area contributed by atoms with Gasteiger partial charge in [-0.15, -0.1) is 5.10 Å². The molecule has 0 aromatic carbocycles. The Morgan fingerprint density at radius 1 is 1.50 bits per heavy atom. The maximum absolute atomic E-state index is 11.5. The molecule has 0 aliphatic carbocycles. The first kappa shape index (κ1) is 10.5. The molecule has 1 rings (SSSR count). The normalized spacial score (nSPS) is 11.4. The standard InChI is InChI=1S/C8H14N4O2/c1-8(2,3)10-6(13)5-9-7(14)12(4)11-5/h1-4H3,(H,10,13)(H,9,11,14). The second-order valence-electron chi connectivity index (χ2n) is 4.11. The van der Waals surface area contributed by atoms with Crippen LogP contribution in [-0.2, 0) is 7.05 Å². The molecule has 14 heavy (non-hydrogen) atoms. The number of carbonyl (C=O) groups excluding carboxylic acids is 1. The summed E-state index contributed by atoms with van der Waals surface area (Å²) < 4.78 is 1.08. The van der Waals surface area contributed by atoms with Crippen LogP contribution in [0.3, 0.4) is 0 Å². The molecule has 6 heteroatoms. The van der Waals surface area contributed by atoms with Crippen molar-refractivity contribution >= 4 is 5.91 Å². The highest BCUT2D eigenvalue weighted by atomic mass is 16.2. The van der Waals surface area contributed by atoms with E-state index < -0.39 is 5.69 Å². The van der Waals surface area contributed by atoms with Crippen molar-refractivity contribution in [2.24, 2.45) is 7.05 Å². The Morgan fingerprint density at radius 2 is 2.07 bits per heavy atom. The van der Waals surface area contributed by atoms with Crippen LogP contribution in [0.4, 0.5) is 0 Å². The van der Waals surface area contributed by atoms with Gasteiger partial charge in [-0.3, -0.25) is 9.78 Å². The number of nitrogens with zero attached hydrogens (tertiary/aromatic N) is 2.